The Balaban J connectivity index is 2.28. The molecule has 0 aliphatic heterocycles. The fourth-order valence-corrected chi connectivity index (χ4v) is 2.13. The van der Waals surface area contributed by atoms with Gasteiger partial charge in [-0.2, -0.15) is 0 Å². The third-order valence-corrected chi connectivity index (χ3v) is 3.59. The summed E-state index contributed by atoms with van der Waals surface area (Å²) >= 11 is 0. The van der Waals surface area contributed by atoms with E-state index in [-0.39, 0.29) is 11.9 Å². The molecule has 2 aromatic rings. The summed E-state index contributed by atoms with van der Waals surface area (Å²) in [5.74, 6) is 0.610. The van der Waals surface area contributed by atoms with Gasteiger partial charge in [0.25, 0.3) is 0 Å². The zero-order valence-electron chi connectivity index (χ0n) is 12.1. The summed E-state index contributed by atoms with van der Waals surface area (Å²) in [6.45, 7) is 6.15. The maximum absolute atomic E-state index is 13.3. The second-order valence-corrected chi connectivity index (χ2v) is 5.05. The molecule has 1 unspecified atom stereocenters. The normalized spacial score (nSPS) is 12.2. The van der Waals surface area contributed by atoms with Gasteiger partial charge in [-0.15, -0.1) is 0 Å². The largest absolute Gasteiger partial charge is 0.484 e. The molecule has 2 rings (SSSR count). The van der Waals surface area contributed by atoms with Crippen molar-refractivity contribution < 1.29 is 9.13 Å². The predicted molar refractivity (Wildman–Crippen MR) is 79.5 cm³/mol. The van der Waals surface area contributed by atoms with Crippen molar-refractivity contribution in [3.05, 3.63) is 64.5 Å². The maximum atomic E-state index is 13.3. The smallest absolute Gasteiger partial charge is 0.136 e. The van der Waals surface area contributed by atoms with Crippen LogP contribution < -0.4 is 10.5 Å². The molecule has 106 valence electrons. The van der Waals surface area contributed by atoms with Gasteiger partial charge >= 0.3 is 0 Å². The summed E-state index contributed by atoms with van der Waals surface area (Å²) in [7, 11) is 0. The van der Waals surface area contributed by atoms with E-state index in [1.54, 1.807) is 19.1 Å². The van der Waals surface area contributed by atoms with E-state index in [4.69, 9.17) is 10.5 Å². The summed E-state index contributed by atoms with van der Waals surface area (Å²) < 4.78 is 19.3. The van der Waals surface area contributed by atoms with Gasteiger partial charge in [0.1, 0.15) is 17.7 Å². The fourth-order valence-electron chi connectivity index (χ4n) is 2.13. The van der Waals surface area contributed by atoms with Crippen LogP contribution in [0.1, 0.15) is 28.4 Å². The van der Waals surface area contributed by atoms with Crippen molar-refractivity contribution in [3.8, 4) is 5.75 Å². The number of benzene rings is 2. The lowest BCUT2D eigenvalue weighted by Gasteiger charge is -2.20. The van der Waals surface area contributed by atoms with Gasteiger partial charge in [0.15, 0.2) is 0 Å². The second kappa shape index (κ2) is 6.06. The highest BCUT2D eigenvalue weighted by molar-refractivity contribution is 5.39. The molecule has 0 bridgehead atoms. The van der Waals surface area contributed by atoms with Crippen molar-refractivity contribution in [3.63, 3.8) is 0 Å². The Morgan fingerprint density at radius 3 is 2.50 bits per heavy atom. The number of ether oxygens (including phenoxy) is 1. The molecule has 0 fully saturated rings. The lowest BCUT2D eigenvalue weighted by Crippen LogP contribution is -2.19. The second-order valence-electron chi connectivity index (χ2n) is 5.05. The molecule has 0 amide bonds. The third-order valence-electron chi connectivity index (χ3n) is 3.59. The molecule has 0 radical (unpaired) electrons. The zero-order valence-corrected chi connectivity index (χ0v) is 12.1. The Bertz CT molecular complexity index is 610. The number of nitrogens with two attached hydrogens (primary N) is 1. The molecule has 0 aliphatic carbocycles. The first-order valence-corrected chi connectivity index (χ1v) is 6.72. The quantitative estimate of drug-likeness (QED) is 0.918. The molecule has 1 atom stereocenters. The highest BCUT2D eigenvalue weighted by Crippen LogP contribution is 2.27. The number of hydrogen-bond acceptors (Lipinski definition) is 2. The van der Waals surface area contributed by atoms with Gasteiger partial charge in [0.05, 0.1) is 0 Å². The first-order chi connectivity index (χ1) is 9.52. The zero-order chi connectivity index (χ0) is 14.7. The van der Waals surface area contributed by atoms with Crippen LogP contribution >= 0.6 is 0 Å². The average molecular weight is 273 g/mol. The minimum absolute atomic E-state index is 0.212. The first kappa shape index (κ1) is 14.5. The lowest BCUT2D eigenvalue weighted by atomic mass is 10.1. The molecule has 0 saturated carbocycles. The van der Waals surface area contributed by atoms with E-state index in [1.165, 1.54) is 11.6 Å². The minimum atomic E-state index is -0.269. The maximum Gasteiger partial charge on any atom is 0.136 e. The standard InChI is InChI=1S/C17H20FNO/c1-11-5-4-6-16(13(11)3)20-17(10-19)14-7-8-15(18)12(2)9-14/h4-9,17H,10,19H2,1-3H3. The summed E-state index contributed by atoms with van der Waals surface area (Å²) in [6, 6.07) is 10.9. The van der Waals surface area contributed by atoms with Crippen LogP contribution in [0.2, 0.25) is 0 Å². The highest BCUT2D eigenvalue weighted by Gasteiger charge is 2.14. The van der Waals surface area contributed by atoms with E-state index < -0.39 is 0 Å². The Morgan fingerprint density at radius 1 is 1.10 bits per heavy atom. The van der Waals surface area contributed by atoms with Crippen molar-refractivity contribution in [2.75, 3.05) is 6.54 Å². The molecule has 0 heterocycles. The van der Waals surface area contributed by atoms with Crippen LogP contribution in [0.25, 0.3) is 0 Å². The molecule has 3 heteroatoms. The van der Waals surface area contributed by atoms with Crippen LogP contribution in [0, 0.1) is 26.6 Å². The number of halogens is 1. The van der Waals surface area contributed by atoms with Crippen LogP contribution in [-0.4, -0.2) is 6.54 Å². The van der Waals surface area contributed by atoms with E-state index in [0.717, 1.165) is 16.9 Å². The monoisotopic (exact) mass is 273 g/mol. The summed E-state index contributed by atoms with van der Waals surface area (Å²) in [5, 5.41) is 0. The summed E-state index contributed by atoms with van der Waals surface area (Å²) in [5.41, 5.74) is 9.58. The molecular weight excluding hydrogens is 253 g/mol. The highest BCUT2D eigenvalue weighted by atomic mass is 19.1. The Kier molecular flexibility index (Phi) is 4.40. The topological polar surface area (TPSA) is 35.2 Å². The molecule has 2 N–H and O–H groups in total. The predicted octanol–water partition coefficient (Wildman–Crippen LogP) is 3.83. The Hall–Kier alpha value is -1.87. The van der Waals surface area contributed by atoms with E-state index in [1.807, 2.05) is 32.0 Å². The van der Waals surface area contributed by atoms with Gasteiger partial charge in [0.2, 0.25) is 0 Å². The van der Waals surface area contributed by atoms with Crippen molar-refractivity contribution >= 4 is 0 Å². The van der Waals surface area contributed by atoms with Crippen molar-refractivity contribution in [2.45, 2.75) is 26.9 Å². The van der Waals surface area contributed by atoms with Crippen LogP contribution in [0.15, 0.2) is 36.4 Å². The van der Waals surface area contributed by atoms with Crippen LogP contribution in [-0.2, 0) is 0 Å². The van der Waals surface area contributed by atoms with Gasteiger partial charge in [-0.1, -0.05) is 18.2 Å². The van der Waals surface area contributed by atoms with E-state index in [0.29, 0.717) is 12.1 Å². The molecule has 0 spiro atoms. The van der Waals surface area contributed by atoms with Gasteiger partial charge in [0, 0.05) is 6.54 Å². The van der Waals surface area contributed by atoms with Crippen molar-refractivity contribution in [1.29, 1.82) is 0 Å². The van der Waals surface area contributed by atoms with E-state index in [2.05, 4.69) is 0 Å². The molecule has 0 aromatic heterocycles. The van der Waals surface area contributed by atoms with Gasteiger partial charge < -0.3 is 10.5 Å². The summed E-state index contributed by atoms with van der Waals surface area (Å²) in [4.78, 5) is 0. The van der Waals surface area contributed by atoms with Crippen molar-refractivity contribution in [2.24, 2.45) is 5.73 Å². The number of rotatable bonds is 4. The van der Waals surface area contributed by atoms with Gasteiger partial charge in [-0.05, 0) is 61.2 Å². The fraction of sp³-hybridized carbons (Fsp3) is 0.294. The molecular formula is C17H20FNO. The first-order valence-electron chi connectivity index (χ1n) is 6.72. The van der Waals surface area contributed by atoms with Gasteiger partial charge in [-0.25, -0.2) is 4.39 Å². The average Bonchev–Trinajstić information content (AvgIpc) is 2.44. The lowest BCUT2D eigenvalue weighted by molar-refractivity contribution is 0.212. The third kappa shape index (κ3) is 2.99. The molecule has 20 heavy (non-hydrogen) atoms. The minimum Gasteiger partial charge on any atom is -0.484 e. The number of aryl methyl sites for hydroxylation is 2. The molecule has 0 saturated heterocycles. The molecule has 0 aliphatic rings. The number of hydrogen-bond donors (Lipinski definition) is 1. The van der Waals surface area contributed by atoms with Crippen LogP contribution in [0.4, 0.5) is 4.39 Å². The molecule has 2 nitrogen and oxygen atoms in total. The van der Waals surface area contributed by atoms with Crippen molar-refractivity contribution in [1.82, 2.24) is 0 Å². The Morgan fingerprint density at radius 2 is 1.85 bits per heavy atom. The van der Waals surface area contributed by atoms with E-state index in [9.17, 15) is 4.39 Å². The van der Waals surface area contributed by atoms with Crippen LogP contribution in [0.3, 0.4) is 0 Å². The van der Waals surface area contributed by atoms with Crippen LogP contribution in [0.5, 0.6) is 5.75 Å². The SMILES string of the molecule is Cc1cc(C(CN)Oc2cccc(C)c2C)ccc1F. The van der Waals surface area contributed by atoms with Gasteiger partial charge in [-0.3, -0.25) is 0 Å². The van der Waals surface area contributed by atoms with E-state index >= 15 is 0 Å². The summed E-state index contributed by atoms with van der Waals surface area (Å²) in [6.07, 6.45) is -0.269. The Labute approximate surface area is 119 Å². The molecule has 2 aromatic carbocycles.